The van der Waals surface area contributed by atoms with Gasteiger partial charge in [0.2, 0.25) is 0 Å². The van der Waals surface area contributed by atoms with E-state index in [0.29, 0.717) is 0 Å². The smallest absolute Gasteiger partial charge is 0.450 e. The first-order valence-electron chi connectivity index (χ1n) is 5.18. The molecule has 0 aromatic heterocycles. The molecule has 0 aliphatic carbocycles. The average Bonchev–Trinajstić information content (AvgIpc) is 2.31. The Morgan fingerprint density at radius 2 is 1.06 bits per heavy atom. The Morgan fingerprint density at radius 1 is 0.765 bits per heavy atom. The lowest BCUT2D eigenvalue weighted by atomic mass is 10.1. The largest absolute Gasteiger partial charge is 0.503 e. The van der Waals surface area contributed by atoms with E-state index in [1.54, 1.807) is 0 Å². The van der Waals surface area contributed by atoms with Crippen LogP contribution < -0.4 is 0 Å². The highest BCUT2D eigenvalue weighted by atomic mass is 16.6. The quantitative estimate of drug-likeness (QED) is 0.830. The van der Waals surface area contributed by atoms with Crippen molar-refractivity contribution < 1.29 is 15.0 Å². The van der Waals surface area contributed by atoms with Crippen LogP contribution in [0.4, 0.5) is 4.79 Å². The lowest BCUT2D eigenvalue weighted by molar-refractivity contribution is 0.137. The van der Waals surface area contributed by atoms with Gasteiger partial charge in [-0.25, -0.2) is 4.79 Å². The molecule has 0 heterocycles. The van der Waals surface area contributed by atoms with Gasteiger partial charge in [-0.2, -0.15) is 0 Å². The van der Waals surface area contributed by atoms with Crippen molar-refractivity contribution in [2.45, 2.75) is 6.42 Å². The van der Waals surface area contributed by atoms with Crippen molar-refractivity contribution >= 4 is 6.16 Å². The van der Waals surface area contributed by atoms with E-state index in [1.165, 1.54) is 11.1 Å². The zero-order valence-corrected chi connectivity index (χ0v) is 9.28. The minimum Gasteiger partial charge on any atom is -0.450 e. The molecule has 3 heteroatoms. The van der Waals surface area contributed by atoms with E-state index in [4.69, 9.17) is 15.0 Å². The van der Waals surface area contributed by atoms with E-state index >= 15 is 0 Å². The predicted octanol–water partition coefficient (Wildman–Crippen LogP) is 3.50. The van der Waals surface area contributed by atoms with Crippen molar-refractivity contribution in [1.29, 1.82) is 0 Å². The first-order chi connectivity index (χ1) is 8.18. The van der Waals surface area contributed by atoms with Gasteiger partial charge in [0.25, 0.3) is 0 Å². The highest BCUT2D eigenvalue weighted by molar-refractivity contribution is 5.53. The zero-order valence-electron chi connectivity index (χ0n) is 9.28. The van der Waals surface area contributed by atoms with Crippen LogP contribution in [0.1, 0.15) is 11.1 Å². The maximum Gasteiger partial charge on any atom is 0.503 e. The Kier molecular flexibility index (Phi) is 5.31. The molecule has 0 unspecified atom stereocenters. The van der Waals surface area contributed by atoms with Gasteiger partial charge in [0.05, 0.1) is 0 Å². The molecule has 2 N–H and O–H groups in total. The molecule has 0 aliphatic rings. The summed E-state index contributed by atoms with van der Waals surface area (Å²) in [5, 5.41) is 13.9. The van der Waals surface area contributed by atoms with Crippen LogP contribution in [0.15, 0.2) is 60.7 Å². The third kappa shape index (κ3) is 5.99. The molecule has 0 radical (unpaired) electrons. The Balaban J connectivity index is 0.000000317. The molecule has 0 fully saturated rings. The number of hydrogen-bond donors (Lipinski definition) is 2. The second-order valence-corrected chi connectivity index (χ2v) is 3.43. The van der Waals surface area contributed by atoms with Gasteiger partial charge in [-0.1, -0.05) is 60.7 Å². The van der Waals surface area contributed by atoms with Crippen molar-refractivity contribution in [2.75, 3.05) is 0 Å². The second kappa shape index (κ2) is 7.06. The van der Waals surface area contributed by atoms with E-state index in [0.717, 1.165) is 6.42 Å². The maximum absolute atomic E-state index is 8.56. The molecular weight excluding hydrogens is 216 g/mol. The van der Waals surface area contributed by atoms with Crippen LogP contribution in [0.2, 0.25) is 0 Å². The molecule has 3 nitrogen and oxygen atoms in total. The standard InChI is InChI=1S/C13H12.CH2O3/c1-3-7-12(8-4-1)11-13-9-5-2-6-10-13;2-1(3)4/h1-10H,11H2;(H2,2,3,4). The normalized spacial score (nSPS) is 8.94. The summed E-state index contributed by atoms with van der Waals surface area (Å²) in [5.41, 5.74) is 2.74. The topological polar surface area (TPSA) is 57.5 Å². The van der Waals surface area contributed by atoms with Gasteiger partial charge in [-0.05, 0) is 17.5 Å². The van der Waals surface area contributed by atoms with E-state index in [1.807, 2.05) is 0 Å². The molecule has 0 saturated heterocycles. The van der Waals surface area contributed by atoms with E-state index in [-0.39, 0.29) is 0 Å². The predicted molar refractivity (Wildman–Crippen MR) is 66.3 cm³/mol. The number of carbonyl (C=O) groups is 1. The zero-order chi connectivity index (χ0) is 12.5. The van der Waals surface area contributed by atoms with Crippen molar-refractivity contribution in [3.63, 3.8) is 0 Å². The van der Waals surface area contributed by atoms with Crippen LogP contribution in [-0.4, -0.2) is 16.4 Å². The third-order valence-electron chi connectivity index (χ3n) is 2.09. The molecule has 0 bridgehead atoms. The van der Waals surface area contributed by atoms with Crippen molar-refractivity contribution in [1.82, 2.24) is 0 Å². The lowest BCUT2D eigenvalue weighted by Gasteiger charge is -2.00. The van der Waals surface area contributed by atoms with Crippen LogP contribution in [0.3, 0.4) is 0 Å². The molecule has 2 rings (SSSR count). The summed E-state index contributed by atoms with van der Waals surface area (Å²) >= 11 is 0. The van der Waals surface area contributed by atoms with Crippen LogP contribution in [0.25, 0.3) is 0 Å². The molecule has 0 aliphatic heterocycles. The summed E-state index contributed by atoms with van der Waals surface area (Å²) in [4.78, 5) is 8.56. The van der Waals surface area contributed by atoms with Gasteiger partial charge >= 0.3 is 6.16 Å². The molecule has 0 amide bonds. The number of rotatable bonds is 2. The Hall–Kier alpha value is -2.29. The summed E-state index contributed by atoms with van der Waals surface area (Å²) in [6, 6.07) is 21.1. The van der Waals surface area contributed by atoms with Crippen LogP contribution in [0.5, 0.6) is 0 Å². The number of hydrogen-bond acceptors (Lipinski definition) is 1. The lowest BCUT2D eigenvalue weighted by Crippen LogP contribution is -1.85. The first-order valence-corrected chi connectivity index (χ1v) is 5.18. The number of carboxylic acid groups (broad SMARTS) is 2. The van der Waals surface area contributed by atoms with Crippen molar-refractivity contribution in [3.8, 4) is 0 Å². The minimum absolute atomic E-state index is 1.03. The summed E-state index contributed by atoms with van der Waals surface area (Å²) in [5.74, 6) is 0. The van der Waals surface area contributed by atoms with E-state index in [9.17, 15) is 0 Å². The van der Waals surface area contributed by atoms with E-state index in [2.05, 4.69) is 60.7 Å². The summed E-state index contributed by atoms with van der Waals surface area (Å²) in [6.07, 6.45) is -0.804. The van der Waals surface area contributed by atoms with Crippen molar-refractivity contribution in [2.24, 2.45) is 0 Å². The highest BCUT2D eigenvalue weighted by Gasteiger charge is 1.92. The molecule has 0 saturated carbocycles. The fourth-order valence-corrected chi connectivity index (χ4v) is 1.43. The first kappa shape index (κ1) is 12.8. The molecule has 0 spiro atoms. The maximum atomic E-state index is 8.56. The van der Waals surface area contributed by atoms with Crippen LogP contribution in [-0.2, 0) is 6.42 Å². The molecular formula is C14H14O3. The van der Waals surface area contributed by atoms with Crippen molar-refractivity contribution in [3.05, 3.63) is 71.8 Å². The summed E-state index contributed by atoms with van der Waals surface area (Å²) < 4.78 is 0. The fourth-order valence-electron chi connectivity index (χ4n) is 1.43. The van der Waals surface area contributed by atoms with Gasteiger partial charge < -0.3 is 10.2 Å². The molecule has 2 aromatic carbocycles. The van der Waals surface area contributed by atoms with Gasteiger partial charge in [-0.3, -0.25) is 0 Å². The van der Waals surface area contributed by atoms with Crippen LogP contribution >= 0.6 is 0 Å². The summed E-state index contributed by atoms with van der Waals surface area (Å²) in [6.45, 7) is 0. The Morgan fingerprint density at radius 3 is 1.35 bits per heavy atom. The number of benzene rings is 2. The SMILES string of the molecule is O=C(O)O.c1ccc(Cc2ccccc2)cc1. The molecule has 17 heavy (non-hydrogen) atoms. The second-order valence-electron chi connectivity index (χ2n) is 3.43. The monoisotopic (exact) mass is 230 g/mol. The Bertz CT molecular complexity index is 396. The fraction of sp³-hybridized carbons (Fsp3) is 0.0714. The average molecular weight is 230 g/mol. The molecule has 2 aromatic rings. The van der Waals surface area contributed by atoms with Gasteiger partial charge in [0.1, 0.15) is 0 Å². The highest BCUT2D eigenvalue weighted by Crippen LogP contribution is 2.07. The van der Waals surface area contributed by atoms with Gasteiger partial charge in [0, 0.05) is 0 Å². The Labute approximate surface area is 100.0 Å². The van der Waals surface area contributed by atoms with Crippen LogP contribution in [0, 0.1) is 0 Å². The van der Waals surface area contributed by atoms with Gasteiger partial charge in [0.15, 0.2) is 0 Å². The third-order valence-corrected chi connectivity index (χ3v) is 2.09. The van der Waals surface area contributed by atoms with Gasteiger partial charge in [-0.15, -0.1) is 0 Å². The molecule has 88 valence electrons. The van der Waals surface area contributed by atoms with E-state index < -0.39 is 6.16 Å². The minimum atomic E-state index is -1.83. The summed E-state index contributed by atoms with van der Waals surface area (Å²) in [7, 11) is 0. The molecule has 0 atom stereocenters.